The Hall–Kier alpha value is -6.10. The van der Waals surface area contributed by atoms with Gasteiger partial charge in [-0.1, -0.05) is 106 Å². The molecule has 2 nitrogen and oxygen atoms in total. The Bertz CT molecular complexity index is 4040. The topological polar surface area (TPSA) is 8.17 Å². The molecule has 2 aliphatic heterocycles. The average Bonchev–Trinajstić information content (AvgIpc) is 3.94. The second-order valence-electron chi connectivity index (χ2n) is 26.9. The van der Waals surface area contributed by atoms with Crippen molar-refractivity contribution in [3.63, 3.8) is 0 Å². The number of aromatic nitrogens is 1. The molecule has 10 aliphatic rings. The van der Waals surface area contributed by atoms with Crippen LogP contribution in [0.3, 0.4) is 0 Å². The molecule has 8 fully saturated rings. The summed E-state index contributed by atoms with van der Waals surface area (Å²) in [5.41, 5.74) is 20.4. The first-order valence-electron chi connectivity index (χ1n) is 28.8. The van der Waals surface area contributed by atoms with Crippen molar-refractivity contribution >= 4 is 98.9 Å². The monoisotopic (exact) mass is 974 g/mol. The van der Waals surface area contributed by atoms with Gasteiger partial charge in [-0.15, -0.1) is 11.3 Å². The van der Waals surface area contributed by atoms with E-state index >= 15 is 0 Å². The maximum atomic E-state index is 2.91. The van der Waals surface area contributed by atoms with Crippen LogP contribution in [0.15, 0.2) is 146 Å². The van der Waals surface area contributed by atoms with E-state index in [0.29, 0.717) is 5.41 Å². The molecule has 0 amide bonds. The third-order valence-electron chi connectivity index (χ3n) is 21.6. The van der Waals surface area contributed by atoms with Crippen molar-refractivity contribution in [3.8, 4) is 22.3 Å². The minimum absolute atomic E-state index is 0.0113. The van der Waals surface area contributed by atoms with Gasteiger partial charge in [0.2, 0.25) is 0 Å². The fourth-order valence-corrected chi connectivity index (χ4v) is 20.5. The second-order valence-corrected chi connectivity index (χ2v) is 28.0. The standard InChI is InChI=1S/C70H63BN2S/c1-68(2,3)48-17-19-60(53(28-48)46-11-5-4-6-12-46)72-62-32-55-52-15-9-10-16-63(52)74-64(55)33-59(62)71-65-56(27-47-13-7-8-14-51(47)67(65)72)58-31-50(70-37-43-24-44(38-70)26-45(25-43)39-70)30-57-54-29-49(18-20-61(54)73(71)66(57)58)69-34-40-21-41(35-69)23-42(22-40)36-69/h4-20,27-33,40-45H,21-26,34-39H2,1-3H3. The summed E-state index contributed by atoms with van der Waals surface area (Å²) in [5, 5.41) is 8.38. The van der Waals surface area contributed by atoms with Gasteiger partial charge in [0.25, 0.3) is 0 Å². The van der Waals surface area contributed by atoms with Crippen molar-refractivity contribution in [2.45, 2.75) is 114 Å². The van der Waals surface area contributed by atoms with E-state index in [4.69, 9.17) is 0 Å². The van der Waals surface area contributed by atoms with Gasteiger partial charge in [-0.3, -0.25) is 0 Å². The van der Waals surface area contributed by atoms with Gasteiger partial charge in [0.15, 0.2) is 0 Å². The minimum Gasteiger partial charge on any atom is -0.375 e. The van der Waals surface area contributed by atoms with Crippen LogP contribution >= 0.6 is 11.3 Å². The Kier molecular flexibility index (Phi) is 8.22. The van der Waals surface area contributed by atoms with Gasteiger partial charge in [0, 0.05) is 64.2 Å². The number of nitrogens with zero attached hydrogens (tertiary/aromatic N) is 2. The number of hydrogen-bond acceptors (Lipinski definition) is 2. The van der Waals surface area contributed by atoms with Crippen LogP contribution < -0.4 is 15.8 Å². The van der Waals surface area contributed by atoms with Crippen LogP contribution in [0.2, 0.25) is 0 Å². The number of fused-ring (bicyclic) bond motifs is 12. The highest BCUT2D eigenvalue weighted by atomic mass is 32.1. The van der Waals surface area contributed by atoms with Crippen LogP contribution in [0.4, 0.5) is 17.1 Å². The third-order valence-corrected chi connectivity index (χ3v) is 22.7. The molecule has 0 saturated heterocycles. The van der Waals surface area contributed by atoms with E-state index < -0.39 is 0 Å². The summed E-state index contributed by atoms with van der Waals surface area (Å²) in [4.78, 5) is 2.76. The van der Waals surface area contributed by atoms with Crippen LogP contribution in [0, 0.1) is 35.5 Å². The predicted molar refractivity (Wildman–Crippen MR) is 314 cm³/mol. The van der Waals surface area contributed by atoms with E-state index in [-0.39, 0.29) is 17.7 Å². The lowest BCUT2D eigenvalue weighted by Gasteiger charge is -2.57. The lowest BCUT2D eigenvalue weighted by molar-refractivity contribution is -0.00527. The van der Waals surface area contributed by atoms with Crippen LogP contribution in [0.5, 0.6) is 0 Å². The largest absolute Gasteiger partial charge is 0.375 e. The fourth-order valence-electron chi connectivity index (χ4n) is 19.3. The molecule has 0 N–H and O–H groups in total. The SMILES string of the molecule is CC(C)(C)c1ccc(N2c3cc4c(cc3B3c5c(cc6ccccc6c52)-c2cc(C56CC7CC(CC(C7)C5)C6)cc5c6cc(C78CC9CC(CC(C9)C7)C8)ccc6n3c25)sc2ccccc24)c(-c2ccccc2)c1. The van der Waals surface area contributed by atoms with Gasteiger partial charge in [0.1, 0.15) is 0 Å². The van der Waals surface area contributed by atoms with E-state index in [1.807, 2.05) is 11.3 Å². The molecule has 8 aliphatic carbocycles. The average molecular weight is 975 g/mol. The van der Waals surface area contributed by atoms with E-state index in [1.54, 1.807) is 11.1 Å². The van der Waals surface area contributed by atoms with Crippen LogP contribution in [0.1, 0.15) is 115 Å². The molecule has 4 heterocycles. The molecule has 4 heteroatoms. The van der Waals surface area contributed by atoms with E-state index in [2.05, 4.69) is 176 Å². The molecule has 0 radical (unpaired) electrons. The van der Waals surface area contributed by atoms with E-state index in [0.717, 1.165) is 35.5 Å². The van der Waals surface area contributed by atoms with Gasteiger partial charge in [-0.05, 0) is 234 Å². The van der Waals surface area contributed by atoms with Crippen LogP contribution in [0.25, 0.3) is 75.0 Å². The molecule has 2 aromatic heterocycles. The molecular weight excluding hydrogens is 912 g/mol. The Balaban J connectivity index is 0.982. The van der Waals surface area contributed by atoms with Crippen molar-refractivity contribution in [2.75, 3.05) is 4.90 Å². The quantitative estimate of drug-likeness (QED) is 0.160. The van der Waals surface area contributed by atoms with Gasteiger partial charge >= 0.3 is 6.85 Å². The van der Waals surface area contributed by atoms with E-state index in [9.17, 15) is 0 Å². The molecule has 10 aromatic rings. The zero-order valence-corrected chi connectivity index (χ0v) is 44.0. The zero-order valence-electron chi connectivity index (χ0n) is 43.2. The van der Waals surface area contributed by atoms with E-state index in [1.165, 1.54) is 186 Å². The van der Waals surface area contributed by atoms with Gasteiger partial charge < -0.3 is 9.38 Å². The Labute approximate surface area is 439 Å². The number of hydrogen-bond donors (Lipinski definition) is 0. The highest BCUT2D eigenvalue weighted by molar-refractivity contribution is 7.26. The second kappa shape index (κ2) is 14.4. The van der Waals surface area contributed by atoms with Crippen molar-refractivity contribution < 1.29 is 0 Å². The normalized spacial score (nSPS) is 27.9. The molecule has 8 aromatic carbocycles. The van der Waals surface area contributed by atoms with Gasteiger partial charge in [0.05, 0.1) is 11.4 Å². The smallest absolute Gasteiger partial charge is 0.333 e. The summed E-state index contributed by atoms with van der Waals surface area (Å²) in [6, 6.07) is 58.9. The molecule has 0 spiro atoms. The minimum atomic E-state index is -0.0121. The molecule has 8 saturated carbocycles. The molecule has 20 rings (SSSR count). The summed E-state index contributed by atoms with van der Waals surface area (Å²) in [7, 11) is 0. The maximum Gasteiger partial charge on any atom is 0.333 e. The molecule has 74 heavy (non-hydrogen) atoms. The summed E-state index contributed by atoms with van der Waals surface area (Å²) in [6.07, 6.45) is 17.1. The Morgan fingerprint density at radius 1 is 0.486 bits per heavy atom. The summed E-state index contributed by atoms with van der Waals surface area (Å²) in [5.74, 6) is 5.39. The van der Waals surface area contributed by atoms with Crippen LogP contribution in [-0.4, -0.2) is 11.3 Å². The number of thiophene rings is 1. The molecule has 8 bridgehead atoms. The van der Waals surface area contributed by atoms with Crippen LogP contribution in [-0.2, 0) is 16.2 Å². The maximum absolute atomic E-state index is 2.91. The number of anilines is 3. The first kappa shape index (κ1) is 42.2. The summed E-state index contributed by atoms with van der Waals surface area (Å²) in [6.45, 7) is 7.07. The highest BCUT2D eigenvalue weighted by Crippen LogP contribution is 2.64. The van der Waals surface area contributed by atoms with Crippen molar-refractivity contribution in [2.24, 2.45) is 35.5 Å². The number of benzene rings is 8. The first-order chi connectivity index (χ1) is 36.1. The summed E-state index contributed by atoms with van der Waals surface area (Å²) >= 11 is 1.97. The molecular formula is C70H63BN2S. The highest BCUT2D eigenvalue weighted by Gasteiger charge is 2.54. The van der Waals surface area contributed by atoms with Gasteiger partial charge in [-0.25, -0.2) is 0 Å². The van der Waals surface area contributed by atoms with Crippen molar-refractivity contribution in [3.05, 3.63) is 162 Å². The summed E-state index contributed by atoms with van der Waals surface area (Å²) < 4.78 is 5.64. The van der Waals surface area contributed by atoms with Crippen molar-refractivity contribution in [1.82, 2.24) is 4.48 Å². The lowest BCUT2D eigenvalue weighted by atomic mass is 9.44. The fraction of sp³-hybridized carbons (Fsp3) is 0.343. The third kappa shape index (κ3) is 5.64. The lowest BCUT2D eigenvalue weighted by Crippen LogP contribution is -2.56. The van der Waals surface area contributed by atoms with Gasteiger partial charge in [-0.2, -0.15) is 0 Å². The molecule has 362 valence electrons. The Morgan fingerprint density at radius 2 is 1.12 bits per heavy atom. The molecule has 0 atom stereocenters. The predicted octanol–water partition coefficient (Wildman–Crippen LogP) is 17.6. The van der Waals surface area contributed by atoms with Crippen molar-refractivity contribution in [1.29, 1.82) is 0 Å². The number of rotatable bonds is 4. The first-order valence-corrected chi connectivity index (χ1v) is 29.6. The Morgan fingerprint density at radius 3 is 1.82 bits per heavy atom. The zero-order chi connectivity index (χ0) is 48.6. The molecule has 0 unspecified atom stereocenters.